The summed E-state index contributed by atoms with van der Waals surface area (Å²) in [4.78, 5) is 26.8. The first kappa shape index (κ1) is 15.8. The van der Waals surface area contributed by atoms with Crippen LogP contribution in [0.2, 0.25) is 5.02 Å². The molecular formula is C16H21ClN2O2. The number of anilines is 1. The summed E-state index contributed by atoms with van der Waals surface area (Å²) in [5, 5.41) is 3.43. The van der Waals surface area contributed by atoms with Crippen LogP contribution < -0.4 is 10.2 Å². The highest BCUT2D eigenvalue weighted by molar-refractivity contribution is 6.31. The molecule has 3 unspecified atom stereocenters. The fourth-order valence-electron chi connectivity index (χ4n) is 2.65. The zero-order chi connectivity index (χ0) is 15.6. The summed E-state index contributed by atoms with van der Waals surface area (Å²) < 4.78 is 0. The van der Waals surface area contributed by atoms with Gasteiger partial charge in [-0.2, -0.15) is 0 Å². The van der Waals surface area contributed by atoms with E-state index in [1.807, 2.05) is 26.8 Å². The lowest BCUT2D eigenvalue weighted by atomic mass is 9.93. The van der Waals surface area contributed by atoms with Gasteiger partial charge >= 0.3 is 0 Å². The van der Waals surface area contributed by atoms with E-state index in [2.05, 4.69) is 5.32 Å². The van der Waals surface area contributed by atoms with Crippen LogP contribution in [0, 0.1) is 5.92 Å². The molecule has 5 heteroatoms. The molecule has 3 atom stereocenters. The lowest BCUT2D eigenvalue weighted by Crippen LogP contribution is -2.65. The van der Waals surface area contributed by atoms with Crippen molar-refractivity contribution < 1.29 is 9.59 Å². The number of halogens is 1. The molecular weight excluding hydrogens is 288 g/mol. The van der Waals surface area contributed by atoms with Gasteiger partial charge < -0.3 is 5.32 Å². The van der Waals surface area contributed by atoms with Gasteiger partial charge in [-0.05, 0) is 30.5 Å². The van der Waals surface area contributed by atoms with E-state index in [1.54, 1.807) is 23.1 Å². The van der Waals surface area contributed by atoms with E-state index in [0.29, 0.717) is 17.1 Å². The molecule has 0 aromatic heterocycles. The third-order valence-corrected chi connectivity index (χ3v) is 4.34. The molecule has 1 aliphatic rings. The molecule has 1 heterocycles. The van der Waals surface area contributed by atoms with Crippen molar-refractivity contribution in [2.45, 2.75) is 45.7 Å². The number of nitrogens with zero attached hydrogens (tertiary/aromatic N) is 1. The molecule has 114 valence electrons. The number of hydrogen-bond donors (Lipinski definition) is 1. The molecule has 1 fully saturated rings. The fraction of sp³-hybridized carbons (Fsp3) is 0.500. The summed E-state index contributed by atoms with van der Waals surface area (Å²) >= 11 is 6.03. The number of hydrogen-bond acceptors (Lipinski definition) is 2. The quantitative estimate of drug-likeness (QED) is 0.929. The van der Waals surface area contributed by atoms with Gasteiger partial charge in [-0.25, -0.2) is 0 Å². The third-order valence-electron chi connectivity index (χ3n) is 4.10. The van der Waals surface area contributed by atoms with Crippen LogP contribution in [0.5, 0.6) is 0 Å². The van der Waals surface area contributed by atoms with Crippen LogP contribution >= 0.6 is 11.6 Å². The van der Waals surface area contributed by atoms with Gasteiger partial charge in [0.25, 0.3) is 5.91 Å². The molecule has 1 aromatic rings. The van der Waals surface area contributed by atoms with Crippen molar-refractivity contribution in [3.8, 4) is 0 Å². The van der Waals surface area contributed by atoms with E-state index in [0.717, 1.165) is 6.42 Å². The minimum absolute atomic E-state index is 0.0573. The number of amides is 2. The van der Waals surface area contributed by atoms with Gasteiger partial charge in [0.1, 0.15) is 12.1 Å². The minimum atomic E-state index is -0.476. The maximum absolute atomic E-state index is 12.8. The Kier molecular flexibility index (Phi) is 4.88. The first-order valence-corrected chi connectivity index (χ1v) is 7.76. The van der Waals surface area contributed by atoms with Gasteiger partial charge in [0.15, 0.2) is 0 Å². The van der Waals surface area contributed by atoms with E-state index in [-0.39, 0.29) is 17.7 Å². The Morgan fingerprint density at radius 1 is 1.33 bits per heavy atom. The molecule has 4 nitrogen and oxygen atoms in total. The highest BCUT2D eigenvalue weighted by Gasteiger charge is 2.42. The Balaban J connectivity index is 2.42. The second-order valence-electron chi connectivity index (χ2n) is 5.48. The largest absolute Gasteiger partial charge is 0.342 e. The molecule has 1 aromatic carbocycles. The molecule has 1 aliphatic heterocycles. The summed E-state index contributed by atoms with van der Waals surface area (Å²) in [7, 11) is 0. The van der Waals surface area contributed by atoms with Gasteiger partial charge in [0.05, 0.1) is 0 Å². The molecule has 0 aliphatic carbocycles. The lowest BCUT2D eigenvalue weighted by Gasteiger charge is -2.40. The second-order valence-corrected chi connectivity index (χ2v) is 5.92. The van der Waals surface area contributed by atoms with Crippen LogP contribution in [0.1, 0.15) is 33.6 Å². The molecule has 21 heavy (non-hydrogen) atoms. The SMILES string of the molecule is CCC(C)C1NC(=O)C(CC)N(c2cccc(Cl)c2)C1=O. The van der Waals surface area contributed by atoms with Gasteiger partial charge in [-0.3, -0.25) is 14.5 Å². The standard InChI is InChI=1S/C16H21ClN2O2/c1-4-10(3)14-16(21)19(13(5-2)15(20)18-14)12-8-6-7-11(17)9-12/h6-10,13-14H,4-5H2,1-3H3,(H,18,20). The average Bonchev–Trinajstić information content (AvgIpc) is 2.47. The van der Waals surface area contributed by atoms with Crippen molar-refractivity contribution in [2.75, 3.05) is 4.90 Å². The Morgan fingerprint density at radius 3 is 2.62 bits per heavy atom. The van der Waals surface area contributed by atoms with Crippen molar-refractivity contribution in [1.82, 2.24) is 5.32 Å². The van der Waals surface area contributed by atoms with Crippen LogP contribution in [0.3, 0.4) is 0 Å². The van der Waals surface area contributed by atoms with Gasteiger partial charge in [-0.1, -0.05) is 44.9 Å². The predicted molar refractivity (Wildman–Crippen MR) is 84.4 cm³/mol. The Labute approximate surface area is 130 Å². The molecule has 1 N–H and O–H groups in total. The smallest absolute Gasteiger partial charge is 0.250 e. The van der Waals surface area contributed by atoms with Gasteiger partial charge in [-0.15, -0.1) is 0 Å². The number of carbonyl (C=O) groups excluding carboxylic acids is 2. The minimum Gasteiger partial charge on any atom is -0.342 e. The number of carbonyl (C=O) groups is 2. The van der Waals surface area contributed by atoms with Crippen molar-refractivity contribution in [1.29, 1.82) is 0 Å². The summed E-state index contributed by atoms with van der Waals surface area (Å²) in [6.07, 6.45) is 1.40. The fourth-order valence-corrected chi connectivity index (χ4v) is 2.84. The van der Waals surface area contributed by atoms with Gasteiger partial charge in [0, 0.05) is 10.7 Å². The maximum Gasteiger partial charge on any atom is 0.250 e. The topological polar surface area (TPSA) is 49.4 Å². The third kappa shape index (κ3) is 3.05. The van der Waals surface area contributed by atoms with Crippen LogP contribution in [0.25, 0.3) is 0 Å². The summed E-state index contributed by atoms with van der Waals surface area (Å²) in [5.74, 6) is -0.0543. The number of piperazine rings is 1. The first-order valence-electron chi connectivity index (χ1n) is 7.38. The number of nitrogens with one attached hydrogen (secondary N) is 1. The zero-order valence-corrected chi connectivity index (χ0v) is 13.4. The summed E-state index contributed by atoms with van der Waals surface area (Å²) in [6, 6.07) is 6.16. The Hall–Kier alpha value is -1.55. The Bertz CT molecular complexity index is 547. The maximum atomic E-state index is 12.8. The predicted octanol–water partition coefficient (Wildman–Crippen LogP) is 3.00. The zero-order valence-electron chi connectivity index (χ0n) is 12.6. The molecule has 0 spiro atoms. The Morgan fingerprint density at radius 2 is 2.05 bits per heavy atom. The number of benzene rings is 1. The molecule has 0 saturated carbocycles. The molecule has 0 bridgehead atoms. The second kappa shape index (κ2) is 6.48. The first-order chi connectivity index (χ1) is 9.99. The summed E-state index contributed by atoms with van der Waals surface area (Å²) in [6.45, 7) is 5.89. The molecule has 2 amide bonds. The van der Waals surface area contributed by atoms with E-state index >= 15 is 0 Å². The monoisotopic (exact) mass is 308 g/mol. The molecule has 0 radical (unpaired) electrons. The van der Waals surface area contributed by atoms with Crippen LogP contribution in [-0.2, 0) is 9.59 Å². The van der Waals surface area contributed by atoms with Crippen LogP contribution in [-0.4, -0.2) is 23.9 Å². The van der Waals surface area contributed by atoms with Crippen LogP contribution in [0.4, 0.5) is 5.69 Å². The molecule has 2 rings (SSSR count). The van der Waals surface area contributed by atoms with E-state index < -0.39 is 12.1 Å². The van der Waals surface area contributed by atoms with Crippen molar-refractivity contribution in [3.05, 3.63) is 29.3 Å². The van der Waals surface area contributed by atoms with E-state index in [1.165, 1.54) is 0 Å². The van der Waals surface area contributed by atoms with Crippen molar-refractivity contribution in [2.24, 2.45) is 5.92 Å². The summed E-state index contributed by atoms with van der Waals surface area (Å²) in [5.41, 5.74) is 0.683. The average molecular weight is 309 g/mol. The van der Waals surface area contributed by atoms with Crippen molar-refractivity contribution >= 4 is 29.1 Å². The highest BCUT2D eigenvalue weighted by atomic mass is 35.5. The highest BCUT2D eigenvalue weighted by Crippen LogP contribution is 2.27. The van der Waals surface area contributed by atoms with E-state index in [4.69, 9.17) is 11.6 Å². The van der Waals surface area contributed by atoms with E-state index in [9.17, 15) is 9.59 Å². The number of rotatable bonds is 4. The molecule has 1 saturated heterocycles. The van der Waals surface area contributed by atoms with Crippen LogP contribution in [0.15, 0.2) is 24.3 Å². The van der Waals surface area contributed by atoms with Crippen molar-refractivity contribution in [3.63, 3.8) is 0 Å². The lowest BCUT2D eigenvalue weighted by molar-refractivity contribution is -0.135. The normalized spacial score (nSPS) is 23.9. The van der Waals surface area contributed by atoms with Gasteiger partial charge in [0.2, 0.25) is 5.91 Å².